The minimum absolute atomic E-state index is 0.109. The van der Waals surface area contributed by atoms with Crippen LogP contribution in [-0.4, -0.2) is 28.2 Å². The number of carboxylic acid groups (broad SMARTS) is 1. The quantitative estimate of drug-likeness (QED) is 0.723. The van der Waals surface area contributed by atoms with Crippen LogP contribution in [0.5, 0.6) is 0 Å². The molecule has 0 radical (unpaired) electrons. The summed E-state index contributed by atoms with van der Waals surface area (Å²) in [5, 5.41) is 14.2. The first-order valence-corrected chi connectivity index (χ1v) is 3.97. The molecule has 1 aromatic heterocycles. The van der Waals surface area contributed by atoms with Crippen molar-refractivity contribution in [2.45, 2.75) is 19.9 Å². The van der Waals surface area contributed by atoms with Crippen LogP contribution in [0.3, 0.4) is 0 Å². The van der Waals surface area contributed by atoms with Crippen molar-refractivity contribution in [3.05, 3.63) is 17.5 Å². The van der Waals surface area contributed by atoms with Gasteiger partial charge in [0.1, 0.15) is 12.3 Å². The van der Waals surface area contributed by atoms with Crippen LogP contribution in [0, 0.1) is 6.92 Å². The lowest BCUT2D eigenvalue weighted by atomic mass is 10.2. The Hall–Kier alpha value is -1.85. The van der Waals surface area contributed by atoms with Gasteiger partial charge in [0.2, 0.25) is 0 Å². The maximum absolute atomic E-state index is 11.3. The molecule has 1 amide bonds. The summed E-state index contributed by atoms with van der Waals surface area (Å²) in [7, 11) is 0. The minimum atomic E-state index is -1.10. The molecule has 0 fully saturated rings. The van der Waals surface area contributed by atoms with Gasteiger partial charge >= 0.3 is 5.97 Å². The number of hydrogen-bond acceptors (Lipinski definition) is 4. The normalized spacial score (nSPS) is 12.1. The molecule has 2 N–H and O–H groups in total. The largest absolute Gasteiger partial charge is 0.480 e. The summed E-state index contributed by atoms with van der Waals surface area (Å²) in [6.07, 6.45) is 1.32. The van der Waals surface area contributed by atoms with Crippen LogP contribution in [0.25, 0.3) is 0 Å². The molecule has 0 aliphatic heterocycles. The zero-order chi connectivity index (χ0) is 10.7. The summed E-state index contributed by atoms with van der Waals surface area (Å²) in [5.41, 5.74) is 0.679. The van der Waals surface area contributed by atoms with Gasteiger partial charge in [0.25, 0.3) is 5.91 Å². The number of aryl methyl sites for hydroxylation is 1. The lowest BCUT2D eigenvalue weighted by molar-refractivity contribution is -0.138. The predicted molar refractivity (Wildman–Crippen MR) is 45.8 cm³/mol. The van der Waals surface area contributed by atoms with Crippen molar-refractivity contribution in [1.29, 1.82) is 0 Å². The number of aliphatic carboxylic acids is 1. The van der Waals surface area contributed by atoms with E-state index in [-0.39, 0.29) is 5.69 Å². The third-order valence-electron chi connectivity index (χ3n) is 1.68. The summed E-state index contributed by atoms with van der Waals surface area (Å²) in [6, 6.07) is -0.946. The molecule has 14 heavy (non-hydrogen) atoms. The highest BCUT2D eigenvalue weighted by atomic mass is 16.5. The molecule has 0 aliphatic carbocycles. The van der Waals surface area contributed by atoms with Gasteiger partial charge in [0, 0.05) is 5.56 Å². The number of hydrogen-bond donors (Lipinski definition) is 2. The van der Waals surface area contributed by atoms with E-state index in [0.717, 1.165) is 0 Å². The standard InChI is InChI=1S/C8H10N2O4/c1-4-3-14-10-6(4)7(11)9-5(2)8(12)13/h3,5H,1-2H3,(H,9,11)(H,12,13)/t5-/m0/s1. The molecule has 76 valence electrons. The second kappa shape index (κ2) is 3.91. The average Bonchev–Trinajstić information content (AvgIpc) is 2.51. The fourth-order valence-electron chi connectivity index (χ4n) is 0.833. The van der Waals surface area contributed by atoms with E-state index in [1.54, 1.807) is 6.92 Å². The van der Waals surface area contributed by atoms with Crippen LogP contribution >= 0.6 is 0 Å². The van der Waals surface area contributed by atoms with Gasteiger partial charge in [-0.15, -0.1) is 0 Å². The number of amides is 1. The molecule has 0 aliphatic rings. The third kappa shape index (κ3) is 2.09. The second-order valence-corrected chi connectivity index (χ2v) is 2.88. The molecule has 1 rings (SSSR count). The van der Waals surface area contributed by atoms with E-state index in [4.69, 9.17) is 5.11 Å². The Morgan fingerprint density at radius 1 is 1.64 bits per heavy atom. The number of nitrogens with zero attached hydrogens (tertiary/aromatic N) is 1. The molecule has 6 nitrogen and oxygen atoms in total. The van der Waals surface area contributed by atoms with Crippen molar-refractivity contribution in [3.8, 4) is 0 Å². The van der Waals surface area contributed by atoms with Gasteiger partial charge in [0.05, 0.1) is 0 Å². The van der Waals surface area contributed by atoms with Gasteiger partial charge in [0.15, 0.2) is 5.69 Å². The van der Waals surface area contributed by atoms with Gasteiger partial charge < -0.3 is 14.9 Å². The molecular formula is C8H10N2O4. The van der Waals surface area contributed by atoms with E-state index in [2.05, 4.69) is 15.0 Å². The Balaban J connectivity index is 2.69. The number of carbonyl (C=O) groups excluding carboxylic acids is 1. The number of carboxylic acids is 1. The summed E-state index contributed by atoms with van der Waals surface area (Å²) >= 11 is 0. The monoisotopic (exact) mass is 198 g/mol. The smallest absolute Gasteiger partial charge is 0.325 e. The highest BCUT2D eigenvalue weighted by Gasteiger charge is 2.18. The maximum Gasteiger partial charge on any atom is 0.325 e. The lowest BCUT2D eigenvalue weighted by Gasteiger charge is -2.06. The van der Waals surface area contributed by atoms with E-state index in [1.165, 1.54) is 13.2 Å². The van der Waals surface area contributed by atoms with Crippen molar-refractivity contribution in [3.63, 3.8) is 0 Å². The van der Waals surface area contributed by atoms with Gasteiger partial charge in [-0.05, 0) is 13.8 Å². The summed E-state index contributed by atoms with van der Waals surface area (Å²) < 4.78 is 4.55. The number of nitrogens with one attached hydrogen (secondary N) is 1. The van der Waals surface area contributed by atoms with Crippen molar-refractivity contribution in [2.24, 2.45) is 0 Å². The first-order valence-electron chi connectivity index (χ1n) is 3.97. The van der Waals surface area contributed by atoms with Crippen molar-refractivity contribution in [2.75, 3.05) is 0 Å². The zero-order valence-electron chi connectivity index (χ0n) is 7.77. The van der Waals surface area contributed by atoms with E-state index >= 15 is 0 Å². The van der Waals surface area contributed by atoms with E-state index in [0.29, 0.717) is 5.56 Å². The molecule has 6 heteroatoms. The van der Waals surface area contributed by atoms with Crippen molar-refractivity contribution >= 4 is 11.9 Å². The van der Waals surface area contributed by atoms with Crippen LogP contribution in [0.4, 0.5) is 0 Å². The average molecular weight is 198 g/mol. The molecule has 0 spiro atoms. The Kier molecular flexibility index (Phi) is 2.85. The van der Waals surface area contributed by atoms with Crippen LogP contribution < -0.4 is 5.32 Å². The third-order valence-corrected chi connectivity index (χ3v) is 1.68. The first-order chi connectivity index (χ1) is 6.52. The zero-order valence-corrected chi connectivity index (χ0v) is 7.77. The van der Waals surface area contributed by atoms with E-state index in [9.17, 15) is 9.59 Å². The van der Waals surface area contributed by atoms with E-state index < -0.39 is 17.9 Å². The first kappa shape index (κ1) is 10.2. The highest BCUT2D eigenvalue weighted by Crippen LogP contribution is 2.04. The molecule has 0 unspecified atom stereocenters. The Morgan fingerprint density at radius 2 is 2.29 bits per heavy atom. The summed E-state index contributed by atoms with van der Waals surface area (Å²) in [4.78, 5) is 21.8. The Labute approximate surface area is 79.9 Å². The van der Waals surface area contributed by atoms with Gasteiger partial charge in [-0.1, -0.05) is 5.16 Å². The minimum Gasteiger partial charge on any atom is -0.480 e. The van der Waals surface area contributed by atoms with Gasteiger partial charge in [-0.2, -0.15) is 0 Å². The highest BCUT2D eigenvalue weighted by molar-refractivity contribution is 5.95. The molecule has 1 heterocycles. The molecule has 1 aromatic rings. The van der Waals surface area contributed by atoms with Crippen molar-refractivity contribution in [1.82, 2.24) is 10.5 Å². The summed E-state index contributed by atoms with van der Waals surface area (Å²) in [5.74, 6) is -1.65. The van der Waals surface area contributed by atoms with Crippen LogP contribution in [0.1, 0.15) is 23.0 Å². The van der Waals surface area contributed by atoms with Gasteiger partial charge in [-0.25, -0.2) is 0 Å². The van der Waals surface area contributed by atoms with Crippen LogP contribution in [-0.2, 0) is 4.79 Å². The fourth-order valence-corrected chi connectivity index (χ4v) is 0.833. The molecule has 0 saturated carbocycles. The topological polar surface area (TPSA) is 92.4 Å². The predicted octanol–water partition coefficient (Wildman–Crippen LogP) is 0.186. The van der Waals surface area contributed by atoms with Gasteiger partial charge in [-0.3, -0.25) is 9.59 Å². The molecule has 0 aromatic carbocycles. The Morgan fingerprint density at radius 3 is 2.71 bits per heavy atom. The second-order valence-electron chi connectivity index (χ2n) is 2.88. The molecule has 0 saturated heterocycles. The van der Waals surface area contributed by atoms with Crippen LogP contribution in [0.2, 0.25) is 0 Å². The maximum atomic E-state index is 11.3. The van der Waals surface area contributed by atoms with Crippen molar-refractivity contribution < 1.29 is 19.2 Å². The number of rotatable bonds is 3. The lowest BCUT2D eigenvalue weighted by Crippen LogP contribution is -2.38. The number of aromatic nitrogens is 1. The fraction of sp³-hybridized carbons (Fsp3) is 0.375. The van der Waals surface area contributed by atoms with Crippen LogP contribution in [0.15, 0.2) is 10.8 Å². The summed E-state index contributed by atoms with van der Waals surface area (Å²) in [6.45, 7) is 3.02. The number of carbonyl (C=O) groups is 2. The SMILES string of the molecule is Cc1conc1C(=O)N[C@@H](C)C(=O)O. The molecule has 0 bridgehead atoms. The molecule has 1 atom stereocenters. The Bertz CT molecular complexity index is 358. The van der Waals surface area contributed by atoms with E-state index in [1.807, 2.05) is 0 Å². The molecular weight excluding hydrogens is 188 g/mol.